The van der Waals surface area contributed by atoms with Crippen LogP contribution in [0.2, 0.25) is 0 Å². The number of amides is 2. The van der Waals surface area contributed by atoms with Crippen LogP contribution in [0.5, 0.6) is 0 Å². The second-order valence-electron chi connectivity index (χ2n) is 6.38. The van der Waals surface area contributed by atoms with Crippen LogP contribution in [0.15, 0.2) is 30.3 Å². The van der Waals surface area contributed by atoms with E-state index in [2.05, 4.69) is 5.32 Å². The van der Waals surface area contributed by atoms with Gasteiger partial charge in [0.05, 0.1) is 18.4 Å². The predicted octanol–water partition coefficient (Wildman–Crippen LogP) is 1.27. The summed E-state index contributed by atoms with van der Waals surface area (Å²) in [5.74, 6) is -1.95. The highest BCUT2D eigenvalue weighted by Gasteiger charge is 2.58. The number of benzene rings is 1. The lowest BCUT2D eigenvalue weighted by Crippen LogP contribution is -2.77. The number of hydrogen-bond donors (Lipinski definition) is 2. The maximum absolute atomic E-state index is 12.6. The molecule has 1 aromatic rings. The number of alkyl halides is 3. The van der Waals surface area contributed by atoms with Gasteiger partial charge in [0.25, 0.3) is 4.52 Å². The van der Waals surface area contributed by atoms with Crippen molar-refractivity contribution >= 4 is 64.3 Å². The topological polar surface area (TPSA) is 95.9 Å². The molecular formula is C17H17Cl3N2O5S. The lowest BCUT2D eigenvalue weighted by atomic mass is 9.99. The zero-order chi connectivity index (χ0) is 20.5. The van der Waals surface area contributed by atoms with E-state index in [0.29, 0.717) is 0 Å². The number of hydrogen-bond acceptors (Lipinski definition) is 6. The number of carbonyl (C=O) groups is 3. The highest BCUT2D eigenvalue weighted by atomic mass is 35.5. The highest BCUT2D eigenvalue weighted by molar-refractivity contribution is 8.00. The first-order chi connectivity index (χ1) is 13.2. The van der Waals surface area contributed by atoms with E-state index < -0.39 is 40.0 Å². The minimum Gasteiger partial charge on any atom is -0.426 e. The Bertz CT molecular complexity index is 766. The van der Waals surface area contributed by atoms with Crippen molar-refractivity contribution in [3.05, 3.63) is 35.9 Å². The third-order valence-electron chi connectivity index (χ3n) is 4.35. The van der Waals surface area contributed by atoms with E-state index in [9.17, 15) is 19.5 Å². The first-order valence-electron chi connectivity index (χ1n) is 8.35. The Hall–Kier alpha value is -1.19. The van der Waals surface area contributed by atoms with Gasteiger partial charge in [-0.05, 0) is 5.56 Å². The molecule has 2 N–H and O–H groups in total. The fraction of sp³-hybridized carbons (Fsp3) is 0.471. The number of esters is 1. The molecule has 2 heterocycles. The average Bonchev–Trinajstić information content (AvgIpc) is 2.66. The van der Waals surface area contributed by atoms with Crippen molar-refractivity contribution in [3.63, 3.8) is 0 Å². The van der Waals surface area contributed by atoms with Crippen LogP contribution in [0.1, 0.15) is 5.56 Å². The van der Waals surface area contributed by atoms with Crippen molar-refractivity contribution < 1.29 is 24.2 Å². The molecular weight excluding hydrogens is 451 g/mol. The second kappa shape index (κ2) is 8.67. The van der Waals surface area contributed by atoms with Gasteiger partial charge in [0.1, 0.15) is 11.4 Å². The molecule has 3 rings (SSSR count). The summed E-state index contributed by atoms with van der Waals surface area (Å²) >= 11 is 18.3. The van der Waals surface area contributed by atoms with Crippen LogP contribution < -0.4 is 5.32 Å². The van der Waals surface area contributed by atoms with Gasteiger partial charge in [-0.2, -0.15) is 0 Å². The molecule has 1 aromatic carbocycles. The molecule has 11 heteroatoms. The number of β-lactam (4-membered cyclic amide) rings is 1. The molecule has 0 spiro atoms. The van der Waals surface area contributed by atoms with Crippen LogP contribution in [-0.2, 0) is 25.5 Å². The van der Waals surface area contributed by atoms with E-state index >= 15 is 0 Å². The summed E-state index contributed by atoms with van der Waals surface area (Å²) in [6.45, 7) is 0. The van der Waals surface area contributed by atoms with Gasteiger partial charge in [0, 0.05) is 5.75 Å². The minimum atomic E-state index is -1.96. The Morgan fingerprint density at radius 1 is 1.32 bits per heavy atom. The molecule has 0 radical (unpaired) electrons. The van der Waals surface area contributed by atoms with E-state index in [-0.39, 0.29) is 24.0 Å². The van der Waals surface area contributed by atoms with Gasteiger partial charge in [-0.15, -0.1) is 23.4 Å². The SMILES string of the molecule is O=C(Cc1ccccc1)N[C@@H]1C(=O)N2C(C(=O)OC(Cl)(Cl)CCl)C(O)CS[C@H]12. The van der Waals surface area contributed by atoms with Crippen LogP contribution in [0.3, 0.4) is 0 Å². The second-order valence-corrected chi connectivity index (χ2v) is 9.21. The fourth-order valence-corrected chi connectivity index (χ4v) is 4.63. The summed E-state index contributed by atoms with van der Waals surface area (Å²) in [5.41, 5.74) is 0.818. The minimum absolute atomic E-state index is 0.132. The van der Waals surface area contributed by atoms with Gasteiger partial charge in [-0.1, -0.05) is 53.5 Å². The maximum atomic E-state index is 12.6. The zero-order valence-corrected chi connectivity index (χ0v) is 17.5. The number of aliphatic hydroxyl groups is 1. The average molecular weight is 468 g/mol. The van der Waals surface area contributed by atoms with Crippen molar-refractivity contribution in [3.8, 4) is 0 Å². The van der Waals surface area contributed by atoms with Gasteiger partial charge >= 0.3 is 5.97 Å². The molecule has 0 aliphatic carbocycles. The third-order valence-corrected chi connectivity index (χ3v) is 6.80. The Balaban J connectivity index is 1.65. The molecule has 0 bridgehead atoms. The molecule has 7 nitrogen and oxygen atoms in total. The number of fused-ring (bicyclic) bond motifs is 1. The normalized spacial score (nSPS) is 26.9. The van der Waals surface area contributed by atoms with Crippen molar-refractivity contribution in [2.75, 3.05) is 11.6 Å². The lowest BCUT2D eigenvalue weighted by Gasteiger charge is -2.53. The summed E-state index contributed by atoms with van der Waals surface area (Å²) in [4.78, 5) is 38.4. The van der Waals surface area contributed by atoms with Crippen molar-refractivity contribution in [1.29, 1.82) is 0 Å². The molecule has 2 amide bonds. The molecule has 2 saturated heterocycles. The zero-order valence-electron chi connectivity index (χ0n) is 14.4. The van der Waals surface area contributed by atoms with Gasteiger partial charge in [0.15, 0.2) is 6.04 Å². The van der Waals surface area contributed by atoms with Gasteiger partial charge in [-0.3, -0.25) is 9.59 Å². The maximum Gasteiger partial charge on any atom is 0.334 e. The van der Waals surface area contributed by atoms with Gasteiger partial charge in [0.2, 0.25) is 11.8 Å². The van der Waals surface area contributed by atoms with Crippen molar-refractivity contribution in [2.24, 2.45) is 0 Å². The Kier molecular flexibility index (Phi) is 6.66. The molecule has 152 valence electrons. The van der Waals surface area contributed by atoms with Crippen molar-refractivity contribution in [2.45, 2.75) is 34.5 Å². The number of nitrogens with zero attached hydrogens (tertiary/aromatic N) is 1. The van der Waals surface area contributed by atoms with E-state index in [1.807, 2.05) is 30.3 Å². The third kappa shape index (κ3) is 4.52. The Morgan fingerprint density at radius 2 is 2.00 bits per heavy atom. The van der Waals surface area contributed by atoms with Crippen LogP contribution in [0.25, 0.3) is 0 Å². The number of thioether (sulfide) groups is 1. The number of aliphatic hydroxyl groups excluding tert-OH is 1. The quantitative estimate of drug-likeness (QED) is 0.372. The molecule has 4 atom stereocenters. The Morgan fingerprint density at radius 3 is 2.64 bits per heavy atom. The summed E-state index contributed by atoms with van der Waals surface area (Å²) < 4.78 is 2.94. The van der Waals surface area contributed by atoms with Crippen LogP contribution in [0.4, 0.5) is 0 Å². The number of halogens is 3. The van der Waals surface area contributed by atoms with Gasteiger partial charge in [-0.25, -0.2) is 4.79 Å². The first kappa shape index (κ1) is 21.5. The predicted molar refractivity (Wildman–Crippen MR) is 106 cm³/mol. The number of carbonyl (C=O) groups excluding carboxylic acids is 3. The fourth-order valence-electron chi connectivity index (χ4n) is 3.08. The van der Waals surface area contributed by atoms with Gasteiger partial charge < -0.3 is 20.1 Å². The molecule has 2 aliphatic rings. The van der Waals surface area contributed by atoms with Crippen LogP contribution >= 0.6 is 46.6 Å². The monoisotopic (exact) mass is 466 g/mol. The molecule has 2 fully saturated rings. The lowest BCUT2D eigenvalue weighted by molar-refractivity contribution is -0.173. The molecule has 0 aromatic heterocycles. The summed E-state index contributed by atoms with van der Waals surface area (Å²) in [6, 6.07) is 7.07. The molecule has 2 aliphatic heterocycles. The molecule has 2 unspecified atom stereocenters. The summed E-state index contributed by atoms with van der Waals surface area (Å²) in [6.07, 6.45) is -1.02. The van der Waals surface area contributed by atoms with E-state index in [1.54, 1.807) is 0 Å². The standard InChI is InChI=1S/C17H17Cl3N2O5S/c18-8-17(19,20)27-16(26)13-10(23)7-28-15-12(14(25)22(13)15)21-11(24)6-9-4-2-1-3-5-9/h1-5,10,12-13,15,23H,6-8H2,(H,21,24)/t10?,12-,13?,15-/m1/s1. The number of rotatable bonds is 6. The van der Waals surface area contributed by atoms with E-state index in [4.69, 9.17) is 39.5 Å². The van der Waals surface area contributed by atoms with Crippen molar-refractivity contribution in [1.82, 2.24) is 10.2 Å². The largest absolute Gasteiger partial charge is 0.426 e. The van der Waals surface area contributed by atoms with E-state index in [1.165, 1.54) is 16.7 Å². The smallest absolute Gasteiger partial charge is 0.334 e. The van der Waals surface area contributed by atoms with Crippen LogP contribution in [-0.4, -0.2) is 67.5 Å². The summed E-state index contributed by atoms with van der Waals surface area (Å²) in [7, 11) is 0. The molecule has 0 saturated carbocycles. The van der Waals surface area contributed by atoms with Crippen LogP contribution in [0, 0.1) is 0 Å². The highest BCUT2D eigenvalue weighted by Crippen LogP contribution is 2.39. The summed E-state index contributed by atoms with van der Waals surface area (Å²) in [5, 5.41) is 12.4. The number of nitrogens with one attached hydrogen (secondary N) is 1. The van der Waals surface area contributed by atoms with E-state index in [0.717, 1.165) is 5.56 Å². The Labute approximate surface area is 180 Å². The first-order valence-corrected chi connectivity index (χ1v) is 10.7. The molecule has 28 heavy (non-hydrogen) atoms. The number of ether oxygens (including phenoxy) is 1.